The number of aromatic nitrogens is 1. The number of alkyl halides is 3. The molecule has 1 aliphatic heterocycles. The van der Waals surface area contributed by atoms with Crippen molar-refractivity contribution in [3.8, 4) is 0 Å². The molecule has 2 heterocycles. The van der Waals surface area contributed by atoms with E-state index >= 15 is 0 Å². The van der Waals surface area contributed by atoms with E-state index < -0.39 is 30.2 Å². The van der Waals surface area contributed by atoms with E-state index in [-0.39, 0.29) is 11.0 Å². The molecule has 0 amide bonds. The van der Waals surface area contributed by atoms with Crippen molar-refractivity contribution in [3.05, 3.63) is 23.9 Å². The van der Waals surface area contributed by atoms with Crippen LogP contribution in [0.5, 0.6) is 0 Å². The summed E-state index contributed by atoms with van der Waals surface area (Å²) in [6.45, 7) is 7.52. The summed E-state index contributed by atoms with van der Waals surface area (Å²) in [6.07, 6.45) is -4.57. The van der Waals surface area contributed by atoms with Gasteiger partial charge in [0.25, 0.3) is 0 Å². The zero-order valence-electron chi connectivity index (χ0n) is 12.6. The van der Waals surface area contributed by atoms with Crippen molar-refractivity contribution in [2.75, 3.05) is 0 Å². The highest BCUT2D eigenvalue weighted by Crippen LogP contribution is 2.37. The molecule has 0 spiro atoms. The molecule has 0 saturated carbocycles. The highest BCUT2D eigenvalue weighted by molar-refractivity contribution is 6.62. The van der Waals surface area contributed by atoms with E-state index in [0.717, 1.165) is 0 Å². The van der Waals surface area contributed by atoms with Crippen LogP contribution in [0.2, 0.25) is 0 Å². The molecule has 0 bridgehead atoms. The molecule has 0 N–H and O–H groups in total. The zero-order chi connectivity index (χ0) is 16.3. The Morgan fingerprint density at radius 2 is 1.64 bits per heavy atom. The first-order valence-corrected chi connectivity index (χ1v) is 6.83. The number of halogens is 3. The Balaban J connectivity index is 2.03. The Kier molecular flexibility index (Phi) is 3.13. The van der Waals surface area contributed by atoms with Crippen LogP contribution in [0.3, 0.4) is 0 Å². The van der Waals surface area contributed by atoms with Crippen LogP contribution in [0, 0.1) is 0 Å². The molecule has 1 aromatic carbocycles. The molecule has 8 heteroatoms. The van der Waals surface area contributed by atoms with Gasteiger partial charge in [0.15, 0.2) is 11.3 Å². The van der Waals surface area contributed by atoms with Crippen LogP contribution < -0.4 is 5.46 Å². The largest absolute Gasteiger partial charge is 0.494 e. The second kappa shape index (κ2) is 4.49. The summed E-state index contributed by atoms with van der Waals surface area (Å²) in [6, 6.07) is 4.42. The molecule has 0 aliphatic carbocycles. The Labute approximate surface area is 125 Å². The topological polar surface area (TPSA) is 44.5 Å². The van der Waals surface area contributed by atoms with E-state index in [0.29, 0.717) is 5.46 Å². The second-order valence-corrected chi connectivity index (χ2v) is 6.37. The maximum absolute atomic E-state index is 12.9. The number of rotatable bonds is 1. The number of fused-ring (bicyclic) bond motifs is 1. The lowest BCUT2D eigenvalue weighted by atomic mass is 9.78. The molecule has 1 aromatic heterocycles. The van der Waals surface area contributed by atoms with Gasteiger partial charge in [-0.15, -0.1) is 0 Å². The summed E-state index contributed by atoms with van der Waals surface area (Å²) in [5.74, 6) is 0. The van der Waals surface area contributed by atoms with Gasteiger partial charge in [0.2, 0.25) is 0 Å². The van der Waals surface area contributed by atoms with Crippen LogP contribution in [0.25, 0.3) is 11.0 Å². The summed E-state index contributed by atoms with van der Waals surface area (Å²) in [5, 5.41) is 3.01. The minimum Gasteiger partial charge on any atom is -0.399 e. The number of hydrogen-bond donors (Lipinski definition) is 0. The van der Waals surface area contributed by atoms with Gasteiger partial charge >= 0.3 is 13.3 Å². The van der Waals surface area contributed by atoms with E-state index in [1.54, 1.807) is 6.07 Å². The van der Waals surface area contributed by atoms with Gasteiger partial charge in [-0.05, 0) is 45.3 Å². The first-order valence-electron chi connectivity index (χ1n) is 6.83. The lowest BCUT2D eigenvalue weighted by molar-refractivity contribution is -0.141. The van der Waals surface area contributed by atoms with Crippen LogP contribution in [-0.2, 0) is 15.5 Å². The smallest absolute Gasteiger partial charge is 0.399 e. The highest BCUT2D eigenvalue weighted by atomic mass is 19.4. The van der Waals surface area contributed by atoms with Crippen molar-refractivity contribution >= 4 is 23.6 Å². The third-order valence-electron chi connectivity index (χ3n) is 4.29. The summed E-state index contributed by atoms with van der Waals surface area (Å²) in [4.78, 5) is 0. The van der Waals surface area contributed by atoms with Gasteiger partial charge < -0.3 is 13.8 Å². The van der Waals surface area contributed by atoms with Crippen LogP contribution in [0.1, 0.15) is 33.4 Å². The number of hydrogen-bond acceptors (Lipinski definition) is 4. The molecule has 1 saturated heterocycles. The van der Waals surface area contributed by atoms with Crippen LogP contribution in [0.4, 0.5) is 13.2 Å². The maximum Gasteiger partial charge on any atom is 0.494 e. The maximum atomic E-state index is 12.9. The van der Waals surface area contributed by atoms with Gasteiger partial charge in [-0.3, -0.25) is 0 Å². The van der Waals surface area contributed by atoms with Crippen molar-refractivity contribution in [1.29, 1.82) is 0 Å². The molecule has 0 unspecified atom stereocenters. The Hall–Kier alpha value is -1.54. The van der Waals surface area contributed by atoms with E-state index in [1.807, 2.05) is 27.7 Å². The number of benzene rings is 1. The molecule has 1 aliphatic rings. The SMILES string of the molecule is CC1(C)OB(c2ccc3onc(C(F)(F)F)c3c2)OC1(C)C. The van der Waals surface area contributed by atoms with Gasteiger partial charge in [-0.1, -0.05) is 11.2 Å². The third-order valence-corrected chi connectivity index (χ3v) is 4.29. The van der Waals surface area contributed by atoms with E-state index in [2.05, 4.69) is 5.16 Å². The van der Waals surface area contributed by atoms with Crippen molar-refractivity contribution in [1.82, 2.24) is 5.16 Å². The third kappa shape index (κ3) is 2.30. The van der Waals surface area contributed by atoms with Gasteiger partial charge in [0.1, 0.15) is 0 Å². The molecule has 1 fully saturated rings. The minimum atomic E-state index is -4.57. The fourth-order valence-electron chi connectivity index (χ4n) is 2.29. The van der Waals surface area contributed by atoms with Crippen molar-refractivity contribution in [2.24, 2.45) is 0 Å². The molecule has 2 aromatic rings. The summed E-state index contributed by atoms with van der Waals surface area (Å²) < 4.78 is 55.2. The molecule has 3 rings (SSSR count). The molecular formula is C14H15BF3NO3. The standard InChI is InChI=1S/C14H15BF3NO3/c1-12(2)13(3,4)22-15(21-12)8-5-6-10-9(7-8)11(19-20-10)14(16,17)18/h5-7H,1-4H3. The predicted molar refractivity (Wildman–Crippen MR) is 74.7 cm³/mol. The average Bonchev–Trinajstić information content (AvgIpc) is 2.87. The van der Waals surface area contributed by atoms with E-state index in [4.69, 9.17) is 13.8 Å². The monoisotopic (exact) mass is 313 g/mol. The van der Waals surface area contributed by atoms with E-state index in [1.165, 1.54) is 12.1 Å². The summed E-state index contributed by atoms with van der Waals surface area (Å²) in [5.41, 5.74) is -1.59. The Bertz CT molecular complexity index is 708. The van der Waals surface area contributed by atoms with Crippen LogP contribution in [-0.4, -0.2) is 23.5 Å². The lowest BCUT2D eigenvalue weighted by Crippen LogP contribution is -2.41. The van der Waals surface area contributed by atoms with Crippen molar-refractivity contribution in [3.63, 3.8) is 0 Å². The van der Waals surface area contributed by atoms with Crippen LogP contribution in [0.15, 0.2) is 22.7 Å². The normalized spacial score (nSPS) is 20.8. The Morgan fingerprint density at radius 3 is 2.18 bits per heavy atom. The Morgan fingerprint density at radius 1 is 1.05 bits per heavy atom. The zero-order valence-corrected chi connectivity index (χ0v) is 12.6. The van der Waals surface area contributed by atoms with Gasteiger partial charge in [-0.2, -0.15) is 13.2 Å². The molecule has 0 atom stereocenters. The number of nitrogens with zero attached hydrogens (tertiary/aromatic N) is 1. The molecular weight excluding hydrogens is 298 g/mol. The fraction of sp³-hybridized carbons (Fsp3) is 0.500. The average molecular weight is 313 g/mol. The van der Waals surface area contributed by atoms with Crippen molar-refractivity contribution in [2.45, 2.75) is 45.1 Å². The fourth-order valence-corrected chi connectivity index (χ4v) is 2.29. The second-order valence-electron chi connectivity index (χ2n) is 6.37. The van der Waals surface area contributed by atoms with Gasteiger partial charge in [0.05, 0.1) is 16.6 Å². The quantitative estimate of drug-likeness (QED) is 0.759. The van der Waals surface area contributed by atoms with Gasteiger partial charge in [0, 0.05) is 0 Å². The predicted octanol–water partition coefficient (Wildman–Crippen LogP) is 3.15. The van der Waals surface area contributed by atoms with Crippen LogP contribution >= 0.6 is 0 Å². The minimum absolute atomic E-state index is 0.0765. The molecule has 4 nitrogen and oxygen atoms in total. The lowest BCUT2D eigenvalue weighted by Gasteiger charge is -2.32. The first kappa shape index (κ1) is 15.4. The summed E-state index contributed by atoms with van der Waals surface area (Å²) in [7, 11) is -0.731. The van der Waals surface area contributed by atoms with E-state index in [9.17, 15) is 13.2 Å². The van der Waals surface area contributed by atoms with Gasteiger partial charge in [-0.25, -0.2) is 0 Å². The van der Waals surface area contributed by atoms with Crippen molar-refractivity contribution < 1.29 is 27.0 Å². The summed E-state index contributed by atoms with van der Waals surface area (Å²) >= 11 is 0. The first-order chi connectivity index (χ1) is 10.0. The molecule has 22 heavy (non-hydrogen) atoms. The highest BCUT2D eigenvalue weighted by Gasteiger charge is 2.52. The molecule has 118 valence electrons. The molecule has 0 radical (unpaired) electrons.